The summed E-state index contributed by atoms with van der Waals surface area (Å²) >= 11 is 0. The summed E-state index contributed by atoms with van der Waals surface area (Å²) in [5.74, 6) is 1.02. The molecule has 0 saturated heterocycles. The van der Waals surface area contributed by atoms with Crippen LogP contribution >= 0.6 is 0 Å². The first kappa shape index (κ1) is 25.7. The number of rotatable bonds is 9. The molecule has 1 N–H and O–H groups in total. The summed E-state index contributed by atoms with van der Waals surface area (Å²) in [6, 6.07) is 19.1. The van der Waals surface area contributed by atoms with Crippen LogP contribution in [-0.2, 0) is 16.1 Å². The normalized spacial score (nSPS) is 15.2. The maximum atomic E-state index is 14.3. The fourth-order valence-corrected chi connectivity index (χ4v) is 5.45. The van der Waals surface area contributed by atoms with Gasteiger partial charge in [-0.15, -0.1) is 5.10 Å². The molecule has 40 heavy (non-hydrogen) atoms. The van der Waals surface area contributed by atoms with E-state index in [-0.39, 0.29) is 31.2 Å². The van der Waals surface area contributed by atoms with Gasteiger partial charge in [0.1, 0.15) is 23.9 Å². The average Bonchev–Trinajstić information content (AvgIpc) is 3.74. The molecule has 2 aliphatic rings. The van der Waals surface area contributed by atoms with Crippen LogP contribution in [0.25, 0.3) is 11.0 Å². The number of para-hydroxylation sites is 2. The van der Waals surface area contributed by atoms with Crippen molar-refractivity contribution >= 4 is 28.5 Å². The molecule has 1 fully saturated rings. The molecular formula is C30H31N5O5. The predicted molar refractivity (Wildman–Crippen MR) is 148 cm³/mol. The van der Waals surface area contributed by atoms with Gasteiger partial charge in [-0.1, -0.05) is 48.4 Å². The van der Waals surface area contributed by atoms with Gasteiger partial charge in [0.15, 0.2) is 11.5 Å². The molecule has 1 aromatic heterocycles. The highest BCUT2D eigenvalue weighted by molar-refractivity contribution is 6.02. The van der Waals surface area contributed by atoms with Crippen molar-refractivity contribution in [3.05, 3.63) is 72.3 Å². The number of anilines is 1. The molecule has 10 heteroatoms. The molecule has 4 aromatic rings. The molecule has 3 aromatic carbocycles. The van der Waals surface area contributed by atoms with Gasteiger partial charge in [0.2, 0.25) is 18.6 Å². The third kappa shape index (κ3) is 5.04. The summed E-state index contributed by atoms with van der Waals surface area (Å²) in [6.45, 7) is 2.27. The Hall–Kier alpha value is -4.60. The fraction of sp³-hybridized carbons (Fsp3) is 0.333. The van der Waals surface area contributed by atoms with Crippen LogP contribution in [0.3, 0.4) is 0 Å². The highest BCUT2D eigenvalue weighted by Gasteiger charge is 2.37. The zero-order chi connectivity index (χ0) is 27.5. The summed E-state index contributed by atoms with van der Waals surface area (Å²) in [7, 11) is 0. The van der Waals surface area contributed by atoms with Crippen LogP contribution < -0.4 is 24.4 Å². The van der Waals surface area contributed by atoms with Crippen molar-refractivity contribution in [1.29, 1.82) is 0 Å². The minimum absolute atomic E-state index is 0.0576. The highest BCUT2D eigenvalue weighted by Crippen LogP contribution is 2.40. The number of amides is 2. The molecule has 1 saturated carbocycles. The van der Waals surface area contributed by atoms with Crippen LogP contribution in [0.2, 0.25) is 0 Å². The Balaban J connectivity index is 1.46. The Kier molecular flexibility index (Phi) is 7.22. The number of hydrogen-bond acceptors (Lipinski definition) is 7. The van der Waals surface area contributed by atoms with Crippen LogP contribution in [0, 0.1) is 0 Å². The van der Waals surface area contributed by atoms with E-state index in [9.17, 15) is 9.59 Å². The summed E-state index contributed by atoms with van der Waals surface area (Å²) in [4.78, 5) is 30.0. The Labute approximate surface area is 231 Å². The van der Waals surface area contributed by atoms with Crippen LogP contribution in [-0.4, -0.2) is 46.2 Å². The zero-order valence-electron chi connectivity index (χ0n) is 22.3. The summed E-state index contributed by atoms with van der Waals surface area (Å²) in [5.41, 5.74) is 2.50. The van der Waals surface area contributed by atoms with E-state index in [1.54, 1.807) is 22.9 Å². The Morgan fingerprint density at radius 3 is 2.67 bits per heavy atom. The smallest absolute Gasteiger partial charge is 0.249 e. The number of nitrogens with zero attached hydrogens (tertiary/aromatic N) is 4. The van der Waals surface area contributed by atoms with Crippen LogP contribution in [0.4, 0.5) is 5.69 Å². The third-order valence-electron chi connectivity index (χ3n) is 7.33. The van der Waals surface area contributed by atoms with Crippen LogP contribution in [0.15, 0.2) is 66.7 Å². The lowest BCUT2D eigenvalue weighted by Gasteiger charge is -2.33. The van der Waals surface area contributed by atoms with Crippen molar-refractivity contribution < 1.29 is 23.8 Å². The minimum Gasteiger partial charge on any atom is -0.493 e. The van der Waals surface area contributed by atoms with Crippen molar-refractivity contribution in [2.45, 2.75) is 51.2 Å². The van der Waals surface area contributed by atoms with E-state index in [0.29, 0.717) is 40.6 Å². The van der Waals surface area contributed by atoms with Gasteiger partial charge in [-0.05, 0) is 50.1 Å². The molecule has 206 valence electrons. The third-order valence-corrected chi connectivity index (χ3v) is 7.33. The van der Waals surface area contributed by atoms with E-state index in [0.717, 1.165) is 31.2 Å². The lowest BCUT2D eigenvalue weighted by atomic mass is 10.0. The van der Waals surface area contributed by atoms with E-state index >= 15 is 0 Å². The maximum Gasteiger partial charge on any atom is 0.249 e. The molecule has 1 aliphatic carbocycles. The van der Waals surface area contributed by atoms with E-state index in [2.05, 4.69) is 15.6 Å². The fourth-order valence-electron chi connectivity index (χ4n) is 5.45. The van der Waals surface area contributed by atoms with Gasteiger partial charge in [0.05, 0.1) is 12.1 Å². The second kappa shape index (κ2) is 11.3. The largest absolute Gasteiger partial charge is 0.493 e. The quantitative estimate of drug-likeness (QED) is 0.335. The van der Waals surface area contributed by atoms with Gasteiger partial charge in [-0.25, -0.2) is 4.68 Å². The van der Waals surface area contributed by atoms with Gasteiger partial charge >= 0.3 is 0 Å². The van der Waals surface area contributed by atoms with Gasteiger partial charge in [0.25, 0.3) is 0 Å². The zero-order valence-corrected chi connectivity index (χ0v) is 22.3. The molecule has 10 nitrogen and oxygen atoms in total. The monoisotopic (exact) mass is 541 g/mol. The maximum absolute atomic E-state index is 14.3. The van der Waals surface area contributed by atoms with Crippen molar-refractivity contribution in [1.82, 2.24) is 20.3 Å². The second-order valence-corrected chi connectivity index (χ2v) is 9.90. The second-order valence-electron chi connectivity index (χ2n) is 9.90. The van der Waals surface area contributed by atoms with Gasteiger partial charge in [-0.2, -0.15) is 0 Å². The minimum atomic E-state index is -1.01. The molecule has 6 rings (SSSR count). The SMILES string of the molecule is CCOc1ccccc1[C@H](C(=O)NC1CCCC1)N(C(=O)Cn1nnc2ccccc21)c1ccc2c(c1)OCO2. The lowest BCUT2D eigenvalue weighted by Crippen LogP contribution is -2.47. The Morgan fingerprint density at radius 1 is 1.05 bits per heavy atom. The number of nitrogens with one attached hydrogen (secondary N) is 1. The molecule has 0 bridgehead atoms. The van der Waals surface area contributed by atoms with E-state index in [1.807, 2.05) is 55.5 Å². The summed E-state index contributed by atoms with van der Waals surface area (Å²) in [6.07, 6.45) is 3.95. The van der Waals surface area contributed by atoms with Gasteiger partial charge in [-0.3, -0.25) is 14.5 Å². The number of ether oxygens (including phenoxy) is 3. The first-order chi connectivity index (χ1) is 19.6. The van der Waals surface area contributed by atoms with E-state index < -0.39 is 6.04 Å². The first-order valence-electron chi connectivity index (χ1n) is 13.6. The summed E-state index contributed by atoms with van der Waals surface area (Å²) < 4.78 is 18.7. The predicted octanol–water partition coefficient (Wildman–Crippen LogP) is 4.39. The van der Waals surface area contributed by atoms with Crippen LogP contribution in [0.1, 0.15) is 44.2 Å². The number of fused-ring (bicyclic) bond motifs is 2. The standard InChI is InChI=1S/C30H31N5O5/c1-2-38-25-14-8-5-11-22(25)29(30(37)31-20-9-3-4-10-20)35(21-15-16-26-27(17-21)40-19-39-26)28(36)18-34-24-13-7-6-12-23(24)32-33-34/h5-8,11-17,20,29H,2-4,9-10,18-19H2,1H3,(H,31,37)/t29-/m1/s1. The molecule has 0 radical (unpaired) electrons. The molecule has 1 atom stereocenters. The molecule has 0 spiro atoms. The molecule has 0 unspecified atom stereocenters. The first-order valence-corrected chi connectivity index (χ1v) is 13.6. The van der Waals surface area contributed by atoms with E-state index in [4.69, 9.17) is 14.2 Å². The van der Waals surface area contributed by atoms with Gasteiger partial charge < -0.3 is 19.5 Å². The van der Waals surface area contributed by atoms with Crippen molar-refractivity contribution in [2.75, 3.05) is 18.3 Å². The lowest BCUT2D eigenvalue weighted by molar-refractivity contribution is -0.127. The van der Waals surface area contributed by atoms with Gasteiger partial charge in [0, 0.05) is 23.4 Å². The molecule has 2 amide bonds. The number of benzene rings is 3. The average molecular weight is 542 g/mol. The molecular weight excluding hydrogens is 510 g/mol. The number of carbonyl (C=O) groups excluding carboxylic acids is 2. The van der Waals surface area contributed by atoms with Crippen molar-refractivity contribution in [3.8, 4) is 17.2 Å². The van der Waals surface area contributed by atoms with Crippen molar-refractivity contribution in [2.24, 2.45) is 0 Å². The highest BCUT2D eigenvalue weighted by atomic mass is 16.7. The summed E-state index contributed by atoms with van der Waals surface area (Å²) in [5, 5.41) is 11.6. The number of aromatic nitrogens is 3. The van der Waals surface area contributed by atoms with Crippen molar-refractivity contribution in [3.63, 3.8) is 0 Å². The van der Waals surface area contributed by atoms with Crippen LogP contribution in [0.5, 0.6) is 17.2 Å². The topological polar surface area (TPSA) is 108 Å². The number of hydrogen-bond donors (Lipinski definition) is 1. The molecule has 1 aliphatic heterocycles. The Morgan fingerprint density at radius 2 is 1.82 bits per heavy atom. The Bertz CT molecular complexity index is 1530. The number of carbonyl (C=O) groups is 2. The molecule has 2 heterocycles. The van der Waals surface area contributed by atoms with E-state index in [1.165, 1.54) is 4.90 Å².